The van der Waals surface area contributed by atoms with Gasteiger partial charge < -0.3 is 5.11 Å². The molecular weight excluding hydrogens is 209 g/mol. The van der Waals surface area contributed by atoms with Crippen LogP contribution in [0.2, 0.25) is 0 Å². The van der Waals surface area contributed by atoms with Crippen LogP contribution in [0.3, 0.4) is 0 Å². The fourth-order valence-corrected chi connectivity index (χ4v) is 1.41. The Morgan fingerprint density at radius 2 is 2.00 bits per heavy atom. The van der Waals surface area contributed by atoms with Crippen molar-refractivity contribution in [3.63, 3.8) is 0 Å². The third kappa shape index (κ3) is 2.29. The van der Waals surface area contributed by atoms with Crippen molar-refractivity contribution in [2.24, 2.45) is 0 Å². The summed E-state index contributed by atoms with van der Waals surface area (Å²) in [5.74, 6) is -1.56. The summed E-state index contributed by atoms with van der Waals surface area (Å²) >= 11 is 0. The zero-order valence-electron chi connectivity index (χ0n) is 7.93. The van der Waals surface area contributed by atoms with Gasteiger partial charge >= 0.3 is 12.1 Å². The van der Waals surface area contributed by atoms with E-state index >= 15 is 0 Å². The van der Waals surface area contributed by atoms with Gasteiger partial charge in [-0.2, -0.15) is 13.2 Å². The van der Waals surface area contributed by atoms with Crippen molar-refractivity contribution in [2.45, 2.75) is 19.5 Å². The molecule has 0 aliphatic carbocycles. The number of aryl methyl sites for hydroxylation is 1. The molecule has 1 aromatic carbocycles. The Kier molecular flexibility index (Phi) is 3.02. The van der Waals surface area contributed by atoms with Crippen LogP contribution in [-0.2, 0) is 12.6 Å². The number of benzene rings is 1. The smallest absolute Gasteiger partial charge is 0.417 e. The Morgan fingerprint density at radius 3 is 2.40 bits per heavy atom. The number of alkyl halides is 3. The molecule has 5 heteroatoms. The van der Waals surface area contributed by atoms with Gasteiger partial charge in [0, 0.05) is 0 Å². The van der Waals surface area contributed by atoms with Crippen molar-refractivity contribution in [1.82, 2.24) is 0 Å². The predicted molar refractivity (Wildman–Crippen MR) is 47.8 cm³/mol. The minimum Gasteiger partial charge on any atom is -0.478 e. The van der Waals surface area contributed by atoms with E-state index in [0.717, 1.165) is 6.07 Å². The molecule has 0 heterocycles. The number of carboxylic acid groups (broad SMARTS) is 1. The first-order chi connectivity index (χ1) is 6.88. The Morgan fingerprint density at radius 1 is 1.40 bits per heavy atom. The average molecular weight is 218 g/mol. The normalized spacial score (nSPS) is 11.5. The highest BCUT2D eigenvalue weighted by Gasteiger charge is 2.37. The van der Waals surface area contributed by atoms with Crippen LogP contribution in [0.15, 0.2) is 18.2 Å². The van der Waals surface area contributed by atoms with Crippen LogP contribution in [0, 0.1) is 0 Å². The SMILES string of the molecule is CCc1cccc(C(=O)O)c1C(F)(F)F. The lowest BCUT2D eigenvalue weighted by Gasteiger charge is -2.14. The summed E-state index contributed by atoms with van der Waals surface area (Å²) in [6.45, 7) is 1.55. The highest BCUT2D eigenvalue weighted by atomic mass is 19.4. The van der Waals surface area contributed by atoms with E-state index in [2.05, 4.69) is 0 Å². The Labute approximate surface area is 84.3 Å². The maximum Gasteiger partial charge on any atom is 0.417 e. The van der Waals surface area contributed by atoms with Crippen LogP contribution in [0.4, 0.5) is 13.2 Å². The van der Waals surface area contributed by atoms with Gasteiger partial charge in [-0.25, -0.2) is 4.79 Å². The minimum absolute atomic E-state index is 0.00222. The molecule has 0 radical (unpaired) electrons. The first-order valence-corrected chi connectivity index (χ1v) is 4.30. The summed E-state index contributed by atoms with van der Waals surface area (Å²) < 4.78 is 37.8. The van der Waals surface area contributed by atoms with E-state index in [9.17, 15) is 18.0 Å². The summed E-state index contributed by atoms with van der Waals surface area (Å²) in [5.41, 5.74) is -1.73. The third-order valence-corrected chi connectivity index (χ3v) is 2.05. The van der Waals surface area contributed by atoms with Crippen LogP contribution in [0.1, 0.15) is 28.4 Å². The number of carbonyl (C=O) groups is 1. The van der Waals surface area contributed by atoms with Gasteiger partial charge in [0.05, 0.1) is 11.1 Å². The molecule has 0 bridgehead atoms. The van der Waals surface area contributed by atoms with E-state index < -0.39 is 23.3 Å². The fraction of sp³-hybridized carbons (Fsp3) is 0.300. The van der Waals surface area contributed by atoms with E-state index in [1.807, 2.05) is 0 Å². The summed E-state index contributed by atoms with van der Waals surface area (Å²) in [6.07, 6.45) is -4.48. The van der Waals surface area contributed by atoms with Crippen LogP contribution < -0.4 is 0 Å². The maximum atomic E-state index is 12.6. The molecule has 0 aliphatic heterocycles. The van der Waals surface area contributed by atoms with E-state index in [1.54, 1.807) is 6.92 Å². The quantitative estimate of drug-likeness (QED) is 0.828. The Bertz CT molecular complexity index is 383. The molecule has 15 heavy (non-hydrogen) atoms. The molecule has 1 N–H and O–H groups in total. The molecule has 0 unspecified atom stereocenters. The van der Waals surface area contributed by atoms with Crippen molar-refractivity contribution in [3.8, 4) is 0 Å². The van der Waals surface area contributed by atoms with Crippen molar-refractivity contribution in [2.75, 3.05) is 0 Å². The first kappa shape index (κ1) is 11.6. The van der Waals surface area contributed by atoms with E-state index in [1.165, 1.54) is 12.1 Å². The maximum absolute atomic E-state index is 12.6. The molecule has 0 aromatic heterocycles. The van der Waals surface area contributed by atoms with Crippen molar-refractivity contribution in [1.29, 1.82) is 0 Å². The van der Waals surface area contributed by atoms with E-state index in [4.69, 9.17) is 5.11 Å². The lowest BCUT2D eigenvalue weighted by molar-refractivity contribution is -0.138. The minimum atomic E-state index is -4.62. The first-order valence-electron chi connectivity index (χ1n) is 4.30. The molecule has 1 rings (SSSR count). The zero-order valence-corrected chi connectivity index (χ0v) is 7.93. The standard InChI is InChI=1S/C10H9F3O2/c1-2-6-4-3-5-7(9(14)15)8(6)10(11,12)13/h3-5H,2H2,1H3,(H,14,15). The van der Waals surface area contributed by atoms with E-state index in [-0.39, 0.29) is 12.0 Å². The van der Waals surface area contributed by atoms with Crippen LogP contribution >= 0.6 is 0 Å². The number of hydrogen-bond donors (Lipinski definition) is 1. The summed E-state index contributed by atoms with van der Waals surface area (Å²) in [4.78, 5) is 10.6. The molecule has 0 atom stereocenters. The van der Waals surface area contributed by atoms with Gasteiger partial charge in [0.25, 0.3) is 0 Å². The highest BCUT2D eigenvalue weighted by molar-refractivity contribution is 5.90. The molecule has 0 aliphatic rings. The van der Waals surface area contributed by atoms with Crippen LogP contribution in [-0.4, -0.2) is 11.1 Å². The number of rotatable bonds is 2. The van der Waals surface area contributed by atoms with Gasteiger partial charge in [-0.15, -0.1) is 0 Å². The molecule has 0 amide bonds. The third-order valence-electron chi connectivity index (χ3n) is 2.05. The predicted octanol–water partition coefficient (Wildman–Crippen LogP) is 2.97. The summed E-state index contributed by atoms with van der Waals surface area (Å²) in [6, 6.07) is 3.57. The molecular formula is C10H9F3O2. The number of halogens is 3. The van der Waals surface area contributed by atoms with Gasteiger partial charge in [-0.3, -0.25) is 0 Å². The van der Waals surface area contributed by atoms with Crippen molar-refractivity contribution >= 4 is 5.97 Å². The molecule has 2 nitrogen and oxygen atoms in total. The second-order valence-electron chi connectivity index (χ2n) is 3.00. The lowest BCUT2D eigenvalue weighted by Crippen LogP contribution is -2.15. The number of carboxylic acids is 1. The largest absolute Gasteiger partial charge is 0.478 e. The molecule has 82 valence electrons. The van der Waals surface area contributed by atoms with Gasteiger partial charge in [0.2, 0.25) is 0 Å². The van der Waals surface area contributed by atoms with E-state index in [0.29, 0.717) is 0 Å². The molecule has 0 spiro atoms. The van der Waals surface area contributed by atoms with Crippen molar-refractivity contribution < 1.29 is 23.1 Å². The molecule has 0 saturated carbocycles. The van der Waals surface area contributed by atoms with Crippen LogP contribution in [0.5, 0.6) is 0 Å². The summed E-state index contributed by atoms with van der Waals surface area (Å²) in [7, 11) is 0. The van der Waals surface area contributed by atoms with Crippen LogP contribution in [0.25, 0.3) is 0 Å². The van der Waals surface area contributed by atoms with Gasteiger partial charge in [-0.1, -0.05) is 19.1 Å². The van der Waals surface area contributed by atoms with Gasteiger partial charge in [-0.05, 0) is 18.1 Å². The molecule has 0 saturated heterocycles. The summed E-state index contributed by atoms with van der Waals surface area (Å²) in [5, 5.41) is 8.65. The monoisotopic (exact) mass is 218 g/mol. The number of aromatic carboxylic acids is 1. The van der Waals surface area contributed by atoms with Gasteiger partial charge in [0.15, 0.2) is 0 Å². The van der Waals surface area contributed by atoms with Gasteiger partial charge in [0.1, 0.15) is 0 Å². The Balaban J connectivity index is 3.47. The molecule has 1 aromatic rings. The molecule has 0 fully saturated rings. The van der Waals surface area contributed by atoms with Crippen molar-refractivity contribution in [3.05, 3.63) is 34.9 Å². The lowest BCUT2D eigenvalue weighted by atomic mass is 9.99. The average Bonchev–Trinajstić information content (AvgIpc) is 2.15. The Hall–Kier alpha value is -1.52. The second kappa shape index (κ2) is 3.92. The highest BCUT2D eigenvalue weighted by Crippen LogP contribution is 2.34. The number of hydrogen-bond acceptors (Lipinski definition) is 1. The second-order valence-corrected chi connectivity index (χ2v) is 3.00. The zero-order chi connectivity index (χ0) is 11.6. The fourth-order valence-electron chi connectivity index (χ4n) is 1.41. The topological polar surface area (TPSA) is 37.3 Å².